The van der Waals surface area contributed by atoms with Gasteiger partial charge in [0.15, 0.2) is 0 Å². The summed E-state index contributed by atoms with van der Waals surface area (Å²) >= 11 is 6.41. The number of phenols is 1. The summed E-state index contributed by atoms with van der Waals surface area (Å²) in [6.45, 7) is 1.77. The second-order valence-electron chi connectivity index (χ2n) is 5.79. The van der Waals surface area contributed by atoms with Gasteiger partial charge in [0.2, 0.25) is 5.91 Å². The van der Waals surface area contributed by atoms with Gasteiger partial charge in [0.05, 0.1) is 18.2 Å². The lowest BCUT2D eigenvalue weighted by Crippen LogP contribution is -2.29. The summed E-state index contributed by atoms with van der Waals surface area (Å²) in [5.74, 6) is 0.431. The van der Waals surface area contributed by atoms with Crippen molar-refractivity contribution in [3.05, 3.63) is 64.8 Å². The van der Waals surface area contributed by atoms with Gasteiger partial charge in [-0.25, -0.2) is 0 Å². The number of aromatic nitrogens is 1. The Morgan fingerprint density at radius 1 is 1.27 bits per heavy atom. The lowest BCUT2D eigenvalue weighted by molar-refractivity contribution is -0.121. The smallest absolute Gasteiger partial charge is 0.220 e. The fourth-order valence-electron chi connectivity index (χ4n) is 2.92. The molecular formula is C20H19ClN2O3. The molecule has 3 aromatic rings. The standard InChI is InChI=1S/C20H19ClN2O3/c1-3-17(24)23-18(13-7-4-5-9-16(13)26-2)14-11-15(21)12-8-6-10-22-19(12)20(14)25/h4-11,18,25H,3H2,1-2H3,(H,23,24)/t18-/m0/s1. The van der Waals surface area contributed by atoms with Crippen LogP contribution in [0.4, 0.5) is 0 Å². The van der Waals surface area contributed by atoms with Gasteiger partial charge >= 0.3 is 0 Å². The molecule has 2 aromatic carbocycles. The number of rotatable bonds is 5. The highest BCUT2D eigenvalue weighted by Gasteiger charge is 2.25. The van der Waals surface area contributed by atoms with E-state index in [2.05, 4.69) is 10.3 Å². The number of benzene rings is 2. The van der Waals surface area contributed by atoms with Gasteiger partial charge in [0.25, 0.3) is 0 Å². The molecule has 1 atom stereocenters. The number of carbonyl (C=O) groups is 1. The largest absolute Gasteiger partial charge is 0.505 e. The van der Waals surface area contributed by atoms with E-state index in [0.717, 1.165) is 5.56 Å². The molecule has 0 fully saturated rings. The number of hydrogen-bond acceptors (Lipinski definition) is 4. The first-order valence-electron chi connectivity index (χ1n) is 8.25. The number of pyridine rings is 1. The number of carbonyl (C=O) groups excluding carboxylic acids is 1. The van der Waals surface area contributed by atoms with Gasteiger partial charge in [0, 0.05) is 29.1 Å². The minimum atomic E-state index is -0.623. The molecule has 0 aliphatic carbocycles. The summed E-state index contributed by atoms with van der Waals surface area (Å²) in [6.07, 6.45) is 1.90. The van der Waals surface area contributed by atoms with Gasteiger partial charge in [-0.1, -0.05) is 36.7 Å². The number of nitrogens with zero attached hydrogens (tertiary/aromatic N) is 1. The number of phenolic OH excluding ortho intramolecular Hbond substituents is 1. The van der Waals surface area contributed by atoms with Gasteiger partial charge in [-0.05, 0) is 24.3 Å². The number of halogens is 1. The third kappa shape index (κ3) is 3.30. The van der Waals surface area contributed by atoms with Crippen molar-refractivity contribution in [3.8, 4) is 11.5 Å². The molecule has 1 heterocycles. The molecule has 0 saturated carbocycles. The van der Waals surface area contributed by atoms with Crippen molar-refractivity contribution < 1.29 is 14.6 Å². The van der Waals surface area contributed by atoms with Gasteiger partial charge < -0.3 is 15.2 Å². The Balaban J connectivity index is 2.24. The minimum Gasteiger partial charge on any atom is -0.505 e. The molecule has 3 rings (SSSR count). The van der Waals surface area contributed by atoms with Crippen LogP contribution in [-0.2, 0) is 4.79 Å². The van der Waals surface area contributed by atoms with E-state index < -0.39 is 6.04 Å². The van der Waals surface area contributed by atoms with E-state index in [0.29, 0.717) is 33.7 Å². The lowest BCUT2D eigenvalue weighted by Gasteiger charge is -2.23. The van der Waals surface area contributed by atoms with Gasteiger partial charge in [0.1, 0.15) is 17.0 Å². The molecule has 0 aliphatic rings. The number of aromatic hydroxyl groups is 1. The maximum atomic E-state index is 12.1. The topological polar surface area (TPSA) is 71.5 Å². The SMILES string of the molecule is CCC(=O)N[C@@H](c1ccccc1OC)c1cc(Cl)c2cccnc2c1O. The average Bonchev–Trinajstić information content (AvgIpc) is 2.69. The van der Waals surface area contributed by atoms with E-state index in [9.17, 15) is 9.90 Å². The number of nitrogens with one attached hydrogen (secondary N) is 1. The molecule has 0 radical (unpaired) electrons. The van der Waals surface area contributed by atoms with Crippen molar-refractivity contribution >= 4 is 28.4 Å². The van der Waals surface area contributed by atoms with E-state index in [1.165, 1.54) is 0 Å². The maximum Gasteiger partial charge on any atom is 0.220 e. The normalized spacial score (nSPS) is 12.0. The first-order valence-corrected chi connectivity index (χ1v) is 8.63. The first kappa shape index (κ1) is 18.0. The molecule has 1 aromatic heterocycles. The summed E-state index contributed by atoms with van der Waals surface area (Å²) in [7, 11) is 1.56. The Bertz CT molecular complexity index is 959. The van der Waals surface area contributed by atoms with Gasteiger partial charge in [-0.2, -0.15) is 0 Å². The summed E-state index contributed by atoms with van der Waals surface area (Å²) < 4.78 is 5.44. The number of hydrogen-bond donors (Lipinski definition) is 2. The van der Waals surface area contributed by atoms with Crippen LogP contribution in [0.25, 0.3) is 10.9 Å². The van der Waals surface area contributed by atoms with Crippen molar-refractivity contribution in [1.29, 1.82) is 0 Å². The Morgan fingerprint density at radius 2 is 2.04 bits per heavy atom. The fourth-order valence-corrected chi connectivity index (χ4v) is 3.19. The highest BCUT2D eigenvalue weighted by Crippen LogP contribution is 2.40. The van der Waals surface area contributed by atoms with E-state index >= 15 is 0 Å². The minimum absolute atomic E-state index is 0.0164. The van der Waals surface area contributed by atoms with Crippen LogP contribution in [0.3, 0.4) is 0 Å². The van der Waals surface area contributed by atoms with Crippen LogP contribution < -0.4 is 10.1 Å². The molecule has 0 bridgehead atoms. The summed E-state index contributed by atoms with van der Waals surface area (Å²) in [5.41, 5.74) is 1.58. The molecule has 0 unspecified atom stereocenters. The molecule has 1 amide bonds. The Hall–Kier alpha value is -2.79. The van der Waals surface area contributed by atoms with Crippen LogP contribution in [-0.4, -0.2) is 23.1 Å². The predicted octanol–water partition coefficient (Wildman–Crippen LogP) is 4.22. The number of fused-ring (bicyclic) bond motifs is 1. The van der Waals surface area contributed by atoms with Crippen molar-refractivity contribution in [1.82, 2.24) is 10.3 Å². The number of para-hydroxylation sites is 1. The van der Waals surface area contributed by atoms with Crippen LogP contribution in [0.2, 0.25) is 5.02 Å². The third-order valence-electron chi connectivity index (χ3n) is 4.23. The molecule has 2 N–H and O–H groups in total. The zero-order valence-corrected chi connectivity index (χ0v) is 15.2. The average molecular weight is 371 g/mol. The van der Waals surface area contributed by atoms with E-state index in [1.54, 1.807) is 44.5 Å². The number of methoxy groups -OCH3 is 1. The van der Waals surface area contributed by atoms with E-state index in [-0.39, 0.29) is 11.7 Å². The quantitative estimate of drug-likeness (QED) is 0.705. The zero-order valence-electron chi connectivity index (χ0n) is 14.5. The van der Waals surface area contributed by atoms with Crippen LogP contribution in [0.1, 0.15) is 30.5 Å². The molecule has 134 valence electrons. The summed E-state index contributed by atoms with van der Waals surface area (Å²) in [6, 6.07) is 11.9. The van der Waals surface area contributed by atoms with Crippen LogP contribution in [0, 0.1) is 0 Å². The van der Waals surface area contributed by atoms with Crippen molar-refractivity contribution in [2.24, 2.45) is 0 Å². The van der Waals surface area contributed by atoms with Crippen molar-refractivity contribution in [2.75, 3.05) is 7.11 Å². The Labute approximate surface area is 156 Å². The molecule has 5 nitrogen and oxygen atoms in total. The second-order valence-corrected chi connectivity index (χ2v) is 6.20. The van der Waals surface area contributed by atoms with Gasteiger partial charge in [-0.15, -0.1) is 0 Å². The molecular weight excluding hydrogens is 352 g/mol. The fraction of sp³-hybridized carbons (Fsp3) is 0.200. The Kier molecular flexibility index (Phi) is 5.28. The summed E-state index contributed by atoms with van der Waals surface area (Å²) in [4.78, 5) is 16.4. The van der Waals surface area contributed by atoms with E-state index in [4.69, 9.17) is 16.3 Å². The molecule has 0 aliphatic heterocycles. The first-order chi connectivity index (χ1) is 12.6. The summed E-state index contributed by atoms with van der Waals surface area (Å²) in [5, 5.41) is 14.9. The molecule has 0 saturated heterocycles. The second kappa shape index (κ2) is 7.62. The predicted molar refractivity (Wildman–Crippen MR) is 102 cm³/mol. The maximum absolute atomic E-state index is 12.1. The van der Waals surface area contributed by atoms with Crippen LogP contribution >= 0.6 is 11.6 Å². The highest BCUT2D eigenvalue weighted by molar-refractivity contribution is 6.35. The zero-order chi connectivity index (χ0) is 18.7. The van der Waals surface area contributed by atoms with Crippen molar-refractivity contribution in [3.63, 3.8) is 0 Å². The van der Waals surface area contributed by atoms with Gasteiger partial charge in [-0.3, -0.25) is 9.78 Å². The van der Waals surface area contributed by atoms with Crippen LogP contribution in [0.5, 0.6) is 11.5 Å². The lowest BCUT2D eigenvalue weighted by atomic mass is 9.95. The number of amides is 1. The van der Waals surface area contributed by atoms with Crippen LogP contribution in [0.15, 0.2) is 48.7 Å². The molecule has 26 heavy (non-hydrogen) atoms. The van der Waals surface area contributed by atoms with E-state index in [1.807, 2.05) is 18.2 Å². The third-order valence-corrected chi connectivity index (χ3v) is 4.55. The molecule has 6 heteroatoms. The monoisotopic (exact) mass is 370 g/mol. The van der Waals surface area contributed by atoms with Crippen molar-refractivity contribution in [2.45, 2.75) is 19.4 Å². The number of ether oxygens (including phenoxy) is 1. The highest BCUT2D eigenvalue weighted by atomic mass is 35.5. The molecule has 0 spiro atoms. The Morgan fingerprint density at radius 3 is 2.77 bits per heavy atom.